The van der Waals surface area contributed by atoms with E-state index in [1.165, 1.54) is 6.42 Å². The Bertz CT molecular complexity index is 189. The quantitative estimate of drug-likeness (QED) is 0.723. The molecule has 1 aliphatic heterocycles. The highest BCUT2D eigenvalue weighted by Gasteiger charge is 2.16. The number of piperidine rings is 1. The van der Waals surface area contributed by atoms with E-state index in [-0.39, 0.29) is 6.09 Å². The molecule has 0 unspecified atom stereocenters. The molecule has 0 saturated carbocycles. The molecule has 0 atom stereocenters. The molecule has 0 aromatic carbocycles. The van der Waals surface area contributed by atoms with Gasteiger partial charge in [0.1, 0.15) is 6.61 Å². The molecule has 0 radical (unpaired) electrons. The highest BCUT2D eigenvalue weighted by molar-refractivity contribution is 5.67. The van der Waals surface area contributed by atoms with Crippen molar-refractivity contribution in [1.29, 1.82) is 0 Å². The summed E-state index contributed by atoms with van der Waals surface area (Å²) < 4.78 is 5.16. The summed E-state index contributed by atoms with van der Waals surface area (Å²) in [7, 11) is 0. The molecule has 1 saturated heterocycles. The van der Waals surface area contributed by atoms with Crippen LogP contribution in [0.2, 0.25) is 0 Å². The lowest BCUT2D eigenvalue weighted by atomic mass is 10.1. The van der Waals surface area contributed by atoms with Gasteiger partial charge in [-0.3, -0.25) is 0 Å². The van der Waals surface area contributed by atoms with E-state index in [1.54, 1.807) is 4.90 Å². The minimum absolute atomic E-state index is 0.153. The zero-order chi connectivity index (χ0) is 11.1. The molecule has 1 heterocycles. The first-order valence-electron chi connectivity index (χ1n) is 5.85. The molecule has 0 spiro atoms. The van der Waals surface area contributed by atoms with Crippen LogP contribution in [-0.2, 0) is 4.74 Å². The summed E-state index contributed by atoms with van der Waals surface area (Å²) in [4.78, 5) is 13.3. The zero-order valence-corrected chi connectivity index (χ0v) is 9.79. The minimum atomic E-state index is -0.153. The van der Waals surface area contributed by atoms with Crippen molar-refractivity contribution in [3.8, 4) is 0 Å². The first-order chi connectivity index (χ1) is 7.20. The smallest absolute Gasteiger partial charge is 0.409 e. The number of carbonyl (C=O) groups excluding carboxylic acids is 1. The summed E-state index contributed by atoms with van der Waals surface area (Å²) in [6.45, 7) is 7.07. The van der Waals surface area contributed by atoms with Crippen molar-refractivity contribution in [3.63, 3.8) is 0 Å². The lowest BCUT2D eigenvalue weighted by Crippen LogP contribution is -2.37. The number of carbonyl (C=O) groups is 1. The molecule has 0 aromatic rings. The summed E-state index contributed by atoms with van der Waals surface area (Å²) >= 11 is 0. The van der Waals surface area contributed by atoms with Crippen LogP contribution in [0, 0.1) is 0 Å². The molecule has 4 heteroatoms. The average molecular weight is 214 g/mol. The second-order valence-corrected chi connectivity index (χ2v) is 4.27. The number of nitrogens with zero attached hydrogens (tertiary/aromatic N) is 1. The van der Waals surface area contributed by atoms with Crippen LogP contribution >= 0.6 is 0 Å². The van der Waals surface area contributed by atoms with Crippen molar-refractivity contribution in [2.75, 3.05) is 26.2 Å². The number of nitrogens with one attached hydrogen (secondary N) is 1. The molecule has 0 aliphatic carbocycles. The van der Waals surface area contributed by atoms with Gasteiger partial charge in [-0.1, -0.05) is 13.8 Å². The van der Waals surface area contributed by atoms with Gasteiger partial charge >= 0.3 is 6.09 Å². The number of rotatable bonds is 4. The van der Waals surface area contributed by atoms with Gasteiger partial charge in [0.15, 0.2) is 0 Å². The number of ether oxygens (including phenoxy) is 1. The van der Waals surface area contributed by atoms with Crippen LogP contribution in [0.4, 0.5) is 4.79 Å². The van der Waals surface area contributed by atoms with Crippen molar-refractivity contribution in [1.82, 2.24) is 10.2 Å². The largest absolute Gasteiger partial charge is 0.448 e. The number of likely N-dealkylation sites (tertiary alicyclic amines) is 1. The Hall–Kier alpha value is -0.770. The van der Waals surface area contributed by atoms with Gasteiger partial charge in [-0.2, -0.15) is 0 Å². The van der Waals surface area contributed by atoms with Gasteiger partial charge in [-0.25, -0.2) is 4.79 Å². The second-order valence-electron chi connectivity index (χ2n) is 4.27. The van der Waals surface area contributed by atoms with Crippen molar-refractivity contribution in [3.05, 3.63) is 0 Å². The lowest BCUT2D eigenvalue weighted by molar-refractivity contribution is 0.0954. The Morgan fingerprint density at radius 3 is 2.60 bits per heavy atom. The highest BCUT2D eigenvalue weighted by atomic mass is 16.6. The van der Waals surface area contributed by atoms with Gasteiger partial charge in [0.05, 0.1) is 0 Å². The Morgan fingerprint density at radius 2 is 2.00 bits per heavy atom. The number of hydrogen-bond donors (Lipinski definition) is 1. The maximum Gasteiger partial charge on any atom is 0.409 e. The van der Waals surface area contributed by atoms with Crippen molar-refractivity contribution in [2.45, 2.75) is 39.2 Å². The second kappa shape index (κ2) is 6.67. The maximum absolute atomic E-state index is 11.5. The van der Waals surface area contributed by atoms with Gasteiger partial charge in [-0.05, 0) is 19.3 Å². The summed E-state index contributed by atoms with van der Waals surface area (Å²) in [5, 5.41) is 3.21. The molecule has 15 heavy (non-hydrogen) atoms. The van der Waals surface area contributed by atoms with Gasteiger partial charge < -0.3 is 15.0 Å². The molecule has 0 bridgehead atoms. The van der Waals surface area contributed by atoms with Crippen LogP contribution in [0.25, 0.3) is 0 Å². The SMILES string of the molecule is CC(C)NCCOC(=O)N1CCCCC1. The van der Waals surface area contributed by atoms with Crippen LogP contribution in [0.3, 0.4) is 0 Å². The summed E-state index contributed by atoms with van der Waals surface area (Å²) in [6, 6.07) is 0.443. The van der Waals surface area contributed by atoms with E-state index >= 15 is 0 Å². The maximum atomic E-state index is 11.5. The first-order valence-corrected chi connectivity index (χ1v) is 5.85. The molecule has 1 rings (SSSR count). The van der Waals surface area contributed by atoms with E-state index in [1.807, 2.05) is 0 Å². The Balaban J connectivity index is 2.07. The Morgan fingerprint density at radius 1 is 1.33 bits per heavy atom. The summed E-state index contributed by atoms with van der Waals surface area (Å²) in [6.07, 6.45) is 3.30. The van der Waals surface area contributed by atoms with Crippen LogP contribution in [0.15, 0.2) is 0 Å². The molecule has 0 aromatic heterocycles. The molecular formula is C11H22N2O2. The third-order valence-electron chi connectivity index (χ3n) is 2.49. The van der Waals surface area contributed by atoms with E-state index in [9.17, 15) is 4.79 Å². The molecule has 1 N–H and O–H groups in total. The van der Waals surface area contributed by atoms with E-state index < -0.39 is 0 Å². The molecule has 1 amide bonds. The Kier molecular flexibility index (Phi) is 5.47. The fourth-order valence-corrected chi connectivity index (χ4v) is 1.65. The van der Waals surface area contributed by atoms with E-state index in [0.717, 1.165) is 32.5 Å². The van der Waals surface area contributed by atoms with Crippen molar-refractivity contribution < 1.29 is 9.53 Å². The van der Waals surface area contributed by atoms with Gasteiger partial charge in [0.25, 0.3) is 0 Å². The van der Waals surface area contributed by atoms with Gasteiger partial charge in [-0.15, -0.1) is 0 Å². The van der Waals surface area contributed by atoms with Gasteiger partial charge in [0.2, 0.25) is 0 Å². The average Bonchev–Trinajstić information content (AvgIpc) is 2.25. The number of amides is 1. The van der Waals surface area contributed by atoms with E-state index in [0.29, 0.717) is 12.6 Å². The van der Waals surface area contributed by atoms with Crippen molar-refractivity contribution in [2.24, 2.45) is 0 Å². The minimum Gasteiger partial charge on any atom is -0.448 e. The van der Waals surface area contributed by atoms with Crippen LogP contribution < -0.4 is 5.32 Å². The Labute approximate surface area is 92.0 Å². The standard InChI is InChI=1S/C11H22N2O2/c1-10(2)12-6-9-15-11(14)13-7-4-3-5-8-13/h10,12H,3-9H2,1-2H3. The zero-order valence-electron chi connectivity index (χ0n) is 9.79. The molecule has 88 valence electrons. The third kappa shape index (κ3) is 5.02. The topological polar surface area (TPSA) is 41.6 Å². The molecular weight excluding hydrogens is 192 g/mol. The predicted molar refractivity (Wildman–Crippen MR) is 59.9 cm³/mol. The normalized spacial score (nSPS) is 16.9. The van der Waals surface area contributed by atoms with Gasteiger partial charge in [0, 0.05) is 25.7 Å². The van der Waals surface area contributed by atoms with Crippen molar-refractivity contribution >= 4 is 6.09 Å². The lowest BCUT2D eigenvalue weighted by Gasteiger charge is -2.25. The summed E-state index contributed by atoms with van der Waals surface area (Å²) in [5.74, 6) is 0. The monoisotopic (exact) mass is 214 g/mol. The van der Waals surface area contributed by atoms with Crippen LogP contribution in [0.5, 0.6) is 0 Å². The third-order valence-corrected chi connectivity index (χ3v) is 2.49. The first kappa shape index (κ1) is 12.3. The number of hydrogen-bond acceptors (Lipinski definition) is 3. The fraction of sp³-hybridized carbons (Fsp3) is 0.909. The fourth-order valence-electron chi connectivity index (χ4n) is 1.65. The van der Waals surface area contributed by atoms with E-state index in [2.05, 4.69) is 19.2 Å². The molecule has 4 nitrogen and oxygen atoms in total. The van der Waals surface area contributed by atoms with E-state index in [4.69, 9.17) is 4.74 Å². The molecule has 1 aliphatic rings. The predicted octanol–water partition coefficient (Wildman–Crippen LogP) is 1.61. The summed E-state index contributed by atoms with van der Waals surface area (Å²) in [5.41, 5.74) is 0. The van der Waals surface area contributed by atoms with Crippen LogP contribution in [-0.4, -0.2) is 43.3 Å². The highest BCUT2D eigenvalue weighted by Crippen LogP contribution is 2.09. The van der Waals surface area contributed by atoms with Crippen LogP contribution in [0.1, 0.15) is 33.1 Å². The molecule has 1 fully saturated rings.